The Morgan fingerprint density at radius 2 is 0.984 bits per heavy atom. The van der Waals surface area contributed by atoms with Gasteiger partial charge in [0, 0.05) is 106 Å². The van der Waals surface area contributed by atoms with Gasteiger partial charge in [-0.05, 0) is 99.1 Å². The van der Waals surface area contributed by atoms with E-state index in [0.29, 0.717) is 59.0 Å². The summed E-state index contributed by atoms with van der Waals surface area (Å²) in [5, 5.41) is 8.57. The molecule has 4 aliphatic rings. The van der Waals surface area contributed by atoms with Crippen molar-refractivity contribution in [2.45, 2.75) is 64.2 Å². The number of benzene rings is 4. The summed E-state index contributed by atoms with van der Waals surface area (Å²) in [4.78, 5) is 34.5. The highest BCUT2D eigenvalue weighted by atomic mass is 35.5. The van der Waals surface area contributed by atoms with Crippen LogP contribution in [0, 0.1) is 0 Å². The highest BCUT2D eigenvalue weighted by molar-refractivity contribution is 6.44. The highest BCUT2D eigenvalue weighted by Gasteiger charge is 2.27. The first-order valence-corrected chi connectivity index (χ1v) is 23.6. The molecule has 62 heavy (non-hydrogen) atoms. The van der Waals surface area contributed by atoms with Crippen molar-refractivity contribution in [2.24, 2.45) is 0 Å². The van der Waals surface area contributed by atoms with Gasteiger partial charge in [0.15, 0.2) is 0 Å². The molecular formula is C48H56Cl4N6O4. The van der Waals surface area contributed by atoms with Crippen LogP contribution in [0.3, 0.4) is 0 Å². The van der Waals surface area contributed by atoms with Gasteiger partial charge in [-0.25, -0.2) is 0 Å². The number of hydrogen-bond donors (Lipinski definition) is 2. The van der Waals surface area contributed by atoms with Crippen LogP contribution in [0.25, 0.3) is 0 Å². The quantitative estimate of drug-likeness (QED) is 0.108. The molecule has 2 N–H and O–H groups in total. The van der Waals surface area contributed by atoms with Crippen molar-refractivity contribution in [1.29, 1.82) is 0 Å². The van der Waals surface area contributed by atoms with E-state index in [1.807, 2.05) is 48.5 Å². The Morgan fingerprint density at radius 3 is 1.40 bits per heavy atom. The van der Waals surface area contributed by atoms with Gasteiger partial charge in [-0.1, -0.05) is 65.5 Å². The number of aryl methyl sites for hydroxylation is 2. The molecule has 2 fully saturated rings. The third kappa shape index (κ3) is 10.7. The second kappa shape index (κ2) is 20.7. The molecule has 330 valence electrons. The minimum atomic E-state index is -0.0700. The summed E-state index contributed by atoms with van der Waals surface area (Å²) in [7, 11) is 0. The third-order valence-electron chi connectivity index (χ3n) is 12.7. The second-order valence-corrected chi connectivity index (χ2v) is 18.4. The molecule has 4 heterocycles. The van der Waals surface area contributed by atoms with Crippen LogP contribution in [-0.4, -0.2) is 100 Å². The van der Waals surface area contributed by atoms with Crippen molar-refractivity contribution < 1.29 is 19.1 Å². The zero-order valence-corrected chi connectivity index (χ0v) is 38.5. The van der Waals surface area contributed by atoms with E-state index >= 15 is 0 Å². The maximum absolute atomic E-state index is 12.5. The van der Waals surface area contributed by atoms with Crippen LogP contribution < -0.4 is 29.9 Å². The van der Waals surface area contributed by atoms with Crippen LogP contribution in [0.15, 0.2) is 60.7 Å². The van der Waals surface area contributed by atoms with E-state index < -0.39 is 0 Å². The maximum atomic E-state index is 12.5. The standard InChI is InChI=1S/C48H56Cl4N6O4/c1-32(35-28-33-12-14-45(59)53-39(33)30-43(35)61-26-4-2-16-55-18-22-57(23-19-55)41-10-6-8-37(49)47(41)51)36-29-34-13-15-46(60)54-40(34)31-44(36)62-27-5-3-17-56-20-24-58(25-21-56)42-11-7-9-38(50)48(42)52/h6-11,28-32H,2-5,12-27H2,1H3,(H,53,59)(H,54,60). The first kappa shape index (κ1) is 44.7. The summed E-state index contributed by atoms with van der Waals surface area (Å²) in [5.74, 6) is 1.54. The first-order chi connectivity index (χ1) is 30.1. The first-order valence-electron chi connectivity index (χ1n) is 22.1. The lowest BCUT2D eigenvalue weighted by molar-refractivity contribution is -0.117. The van der Waals surface area contributed by atoms with Gasteiger partial charge in [0.25, 0.3) is 0 Å². The third-order valence-corrected chi connectivity index (χ3v) is 14.4. The van der Waals surface area contributed by atoms with Gasteiger partial charge in [0.1, 0.15) is 11.5 Å². The molecular weight excluding hydrogens is 866 g/mol. The van der Waals surface area contributed by atoms with Crippen molar-refractivity contribution in [3.63, 3.8) is 0 Å². The minimum Gasteiger partial charge on any atom is -0.493 e. The summed E-state index contributed by atoms with van der Waals surface area (Å²) in [6.07, 6.45) is 6.09. The predicted molar refractivity (Wildman–Crippen MR) is 254 cm³/mol. The van der Waals surface area contributed by atoms with E-state index in [1.165, 1.54) is 0 Å². The van der Waals surface area contributed by atoms with Gasteiger partial charge in [-0.15, -0.1) is 0 Å². The number of ether oxygens (including phenoxy) is 2. The molecule has 2 saturated heterocycles. The minimum absolute atomic E-state index is 0.0270. The fourth-order valence-electron chi connectivity index (χ4n) is 9.09. The molecule has 8 rings (SSSR count). The number of nitrogens with zero attached hydrogens (tertiary/aromatic N) is 4. The van der Waals surface area contributed by atoms with Crippen molar-refractivity contribution in [3.8, 4) is 11.5 Å². The smallest absolute Gasteiger partial charge is 0.224 e. The van der Waals surface area contributed by atoms with Gasteiger partial charge >= 0.3 is 0 Å². The maximum Gasteiger partial charge on any atom is 0.224 e. The summed E-state index contributed by atoms with van der Waals surface area (Å²) >= 11 is 25.6. The number of nitrogens with one attached hydrogen (secondary N) is 2. The van der Waals surface area contributed by atoms with Crippen LogP contribution in [0.4, 0.5) is 22.7 Å². The predicted octanol–water partition coefficient (Wildman–Crippen LogP) is 10.2. The average molecular weight is 923 g/mol. The fourth-order valence-corrected chi connectivity index (χ4v) is 9.92. The second-order valence-electron chi connectivity index (χ2n) is 16.8. The number of carbonyl (C=O) groups is 2. The van der Waals surface area contributed by atoms with Gasteiger partial charge in [0.05, 0.1) is 44.7 Å². The molecule has 0 radical (unpaired) electrons. The molecule has 2 amide bonds. The Labute approximate surface area is 385 Å². The molecule has 4 aliphatic heterocycles. The van der Waals surface area contributed by atoms with E-state index in [-0.39, 0.29) is 17.7 Å². The summed E-state index contributed by atoms with van der Waals surface area (Å²) in [6, 6.07) is 20.1. The molecule has 4 aromatic carbocycles. The Morgan fingerprint density at radius 1 is 0.565 bits per heavy atom. The lowest BCUT2D eigenvalue weighted by atomic mass is 9.86. The number of anilines is 4. The average Bonchev–Trinajstić information content (AvgIpc) is 3.27. The van der Waals surface area contributed by atoms with Gasteiger partial charge < -0.3 is 29.9 Å². The summed E-state index contributed by atoms with van der Waals surface area (Å²) < 4.78 is 13.3. The largest absolute Gasteiger partial charge is 0.493 e. The Hall–Kier alpha value is -3.90. The fraction of sp³-hybridized carbons (Fsp3) is 0.458. The number of unbranched alkanes of at least 4 members (excludes halogenated alkanes) is 2. The van der Waals surface area contributed by atoms with Crippen LogP contribution >= 0.6 is 46.4 Å². The molecule has 4 aromatic rings. The van der Waals surface area contributed by atoms with Gasteiger partial charge in [0.2, 0.25) is 11.8 Å². The zero-order chi connectivity index (χ0) is 43.2. The lowest BCUT2D eigenvalue weighted by Gasteiger charge is -2.36. The zero-order valence-electron chi connectivity index (χ0n) is 35.4. The normalized spacial score (nSPS) is 17.1. The Kier molecular flexibility index (Phi) is 14.9. The topological polar surface area (TPSA) is 89.6 Å². The Balaban J connectivity index is 0.889. The van der Waals surface area contributed by atoms with Crippen LogP contribution in [0.5, 0.6) is 11.5 Å². The number of hydrogen-bond acceptors (Lipinski definition) is 8. The number of fused-ring (bicyclic) bond motifs is 2. The molecule has 10 nitrogen and oxygen atoms in total. The SMILES string of the molecule is CC(c1cc2c(cc1OCCCCN1CCN(c3cccc(Cl)c3Cl)CC1)NC(=O)CC2)c1cc2c(cc1OCCCCN1CCN(c3cccc(Cl)c3Cl)CC1)NC(=O)CC2. The van der Waals surface area contributed by atoms with E-state index in [0.717, 1.165) is 148 Å². The van der Waals surface area contributed by atoms with E-state index in [2.05, 4.69) is 49.3 Å². The van der Waals surface area contributed by atoms with Crippen LogP contribution in [0.2, 0.25) is 20.1 Å². The number of piperazine rings is 2. The molecule has 0 atom stereocenters. The number of carbonyl (C=O) groups excluding carboxylic acids is 2. The Bertz CT molecular complexity index is 2090. The van der Waals surface area contributed by atoms with E-state index in [9.17, 15) is 9.59 Å². The molecule has 0 aliphatic carbocycles. The lowest BCUT2D eigenvalue weighted by Crippen LogP contribution is -2.46. The highest BCUT2D eigenvalue weighted by Crippen LogP contribution is 2.43. The van der Waals surface area contributed by atoms with Crippen molar-refractivity contribution >= 4 is 81.0 Å². The molecule has 0 saturated carbocycles. The summed E-state index contributed by atoms with van der Waals surface area (Å²) in [6.45, 7) is 12.8. The molecule has 0 bridgehead atoms. The van der Waals surface area contributed by atoms with Crippen LogP contribution in [-0.2, 0) is 22.4 Å². The molecule has 14 heteroatoms. The number of amides is 2. The van der Waals surface area contributed by atoms with Gasteiger partial charge in [-0.3, -0.25) is 19.4 Å². The number of rotatable bonds is 16. The van der Waals surface area contributed by atoms with Gasteiger partial charge in [-0.2, -0.15) is 0 Å². The number of halogens is 4. The molecule has 0 unspecified atom stereocenters. The molecule has 0 spiro atoms. The molecule has 0 aromatic heterocycles. The monoisotopic (exact) mass is 920 g/mol. The van der Waals surface area contributed by atoms with Crippen molar-refractivity contribution in [2.75, 3.05) is 99.1 Å². The van der Waals surface area contributed by atoms with E-state index in [1.54, 1.807) is 0 Å². The van der Waals surface area contributed by atoms with Crippen molar-refractivity contribution in [1.82, 2.24) is 9.80 Å². The van der Waals surface area contributed by atoms with Crippen molar-refractivity contribution in [3.05, 3.63) is 103 Å². The summed E-state index contributed by atoms with van der Waals surface area (Å²) in [5.41, 5.74) is 8.00. The van der Waals surface area contributed by atoms with Crippen LogP contribution in [0.1, 0.15) is 73.6 Å². The van der Waals surface area contributed by atoms with E-state index in [4.69, 9.17) is 55.9 Å².